The van der Waals surface area contributed by atoms with Gasteiger partial charge in [-0.05, 0) is 24.5 Å². The summed E-state index contributed by atoms with van der Waals surface area (Å²) in [6.07, 6.45) is 2.88. The summed E-state index contributed by atoms with van der Waals surface area (Å²) in [5, 5.41) is 19.6. The molecule has 0 unspecified atom stereocenters. The molecule has 0 aliphatic rings. The maximum atomic E-state index is 9.92. The number of aliphatic hydroxyl groups is 2. The van der Waals surface area contributed by atoms with Gasteiger partial charge < -0.3 is 33.9 Å². The number of ether oxygens (including phenoxy) is 5. The highest BCUT2D eigenvalue weighted by Gasteiger charge is 2.22. The van der Waals surface area contributed by atoms with Crippen LogP contribution in [0.25, 0.3) is 0 Å². The molecule has 7 nitrogen and oxygen atoms in total. The molecule has 0 bridgehead atoms. The van der Waals surface area contributed by atoms with Crippen molar-refractivity contribution in [3.63, 3.8) is 0 Å². The highest BCUT2D eigenvalue weighted by Crippen LogP contribution is 2.17. The van der Waals surface area contributed by atoms with E-state index in [0.29, 0.717) is 39.3 Å². The first-order valence-corrected chi connectivity index (χ1v) is 12.1. The Hall–Kier alpha value is -2.10. The van der Waals surface area contributed by atoms with Crippen LogP contribution in [0.1, 0.15) is 30.9 Å². The van der Waals surface area contributed by atoms with Gasteiger partial charge in [0.25, 0.3) is 0 Å². The molecular formula is C28H40O7. The van der Waals surface area contributed by atoms with Crippen molar-refractivity contribution in [1.29, 1.82) is 0 Å². The third-order valence-corrected chi connectivity index (χ3v) is 5.26. The Morgan fingerprint density at radius 1 is 0.829 bits per heavy atom. The van der Waals surface area contributed by atoms with Crippen molar-refractivity contribution < 1.29 is 33.9 Å². The molecule has 0 aliphatic heterocycles. The lowest BCUT2D eigenvalue weighted by molar-refractivity contribution is -0.0935. The zero-order valence-corrected chi connectivity index (χ0v) is 20.8. The molecule has 35 heavy (non-hydrogen) atoms. The zero-order chi connectivity index (χ0) is 25.1. The first-order chi connectivity index (χ1) is 17.1. The van der Waals surface area contributed by atoms with E-state index in [-0.39, 0.29) is 25.6 Å². The van der Waals surface area contributed by atoms with Crippen LogP contribution >= 0.6 is 0 Å². The van der Waals surface area contributed by atoms with E-state index < -0.39 is 12.2 Å². The zero-order valence-electron chi connectivity index (χ0n) is 20.8. The average Bonchev–Trinajstić information content (AvgIpc) is 2.87. The molecule has 0 fully saturated rings. The van der Waals surface area contributed by atoms with Crippen LogP contribution in [-0.4, -0.2) is 68.4 Å². The first-order valence-electron chi connectivity index (χ1n) is 12.1. The van der Waals surface area contributed by atoms with E-state index in [2.05, 4.69) is 0 Å². The van der Waals surface area contributed by atoms with Crippen LogP contribution in [0, 0.1) is 0 Å². The average molecular weight is 489 g/mol. The van der Waals surface area contributed by atoms with Crippen molar-refractivity contribution in [3.8, 4) is 0 Å². The Morgan fingerprint density at radius 2 is 1.46 bits per heavy atom. The standard InChI is InChI=1S/C28H40O7/c1-23(30)19-26(35-22-32-18-17-31-2)13-14-27(33-20-24-9-5-3-6-10-24)28(15-16-29)34-21-25-11-7-4-8-12-25/h3-14,23,26-30H,15-22H2,1-2H3/b14-13+/t23-,26-,27+,28+/m1/s1. The maximum absolute atomic E-state index is 9.92. The van der Waals surface area contributed by atoms with Crippen LogP contribution in [0.3, 0.4) is 0 Å². The van der Waals surface area contributed by atoms with E-state index in [0.717, 1.165) is 11.1 Å². The minimum atomic E-state index is -0.546. The predicted octanol–water partition coefficient (Wildman–Crippen LogP) is 3.87. The van der Waals surface area contributed by atoms with Gasteiger partial charge in [0.2, 0.25) is 0 Å². The Bertz CT molecular complexity index is 782. The molecule has 0 spiro atoms. The lowest BCUT2D eigenvalue weighted by atomic mass is 10.1. The number of benzene rings is 2. The van der Waals surface area contributed by atoms with E-state index in [9.17, 15) is 10.2 Å². The SMILES string of the molecule is COCCOCO[C@H](/C=C/[C@H](OCc1ccccc1)[C@H](CCO)OCc1ccccc1)C[C@@H](C)O. The number of hydrogen-bond acceptors (Lipinski definition) is 7. The maximum Gasteiger partial charge on any atom is 0.147 e. The Morgan fingerprint density at radius 3 is 2.03 bits per heavy atom. The summed E-state index contributed by atoms with van der Waals surface area (Å²) in [6.45, 7) is 3.50. The van der Waals surface area contributed by atoms with Gasteiger partial charge in [0, 0.05) is 20.1 Å². The van der Waals surface area contributed by atoms with Crippen molar-refractivity contribution in [2.24, 2.45) is 0 Å². The molecule has 2 N–H and O–H groups in total. The van der Waals surface area contributed by atoms with E-state index in [1.165, 1.54) is 0 Å². The molecular weight excluding hydrogens is 448 g/mol. The number of rotatable bonds is 19. The summed E-state index contributed by atoms with van der Waals surface area (Å²) < 4.78 is 28.7. The molecule has 0 amide bonds. The molecule has 7 heteroatoms. The second-order valence-electron chi connectivity index (χ2n) is 8.30. The molecule has 2 aromatic rings. The van der Waals surface area contributed by atoms with Gasteiger partial charge in [-0.2, -0.15) is 0 Å². The fourth-order valence-corrected chi connectivity index (χ4v) is 3.41. The molecule has 0 aromatic heterocycles. The minimum Gasteiger partial charge on any atom is -0.396 e. The Kier molecular flexibility index (Phi) is 15.2. The van der Waals surface area contributed by atoms with E-state index in [4.69, 9.17) is 23.7 Å². The fraction of sp³-hybridized carbons (Fsp3) is 0.500. The fourth-order valence-electron chi connectivity index (χ4n) is 3.41. The molecule has 0 radical (unpaired) electrons. The summed E-state index contributed by atoms with van der Waals surface area (Å²) in [7, 11) is 1.61. The highest BCUT2D eigenvalue weighted by atomic mass is 16.7. The van der Waals surface area contributed by atoms with Crippen LogP contribution in [-0.2, 0) is 36.9 Å². The third-order valence-electron chi connectivity index (χ3n) is 5.26. The van der Waals surface area contributed by atoms with Crippen LogP contribution in [0.15, 0.2) is 72.8 Å². The minimum absolute atomic E-state index is 0.0283. The van der Waals surface area contributed by atoms with Crippen molar-refractivity contribution in [2.75, 3.05) is 33.7 Å². The van der Waals surface area contributed by atoms with E-state index in [1.807, 2.05) is 72.8 Å². The molecule has 4 atom stereocenters. The molecule has 0 saturated carbocycles. The van der Waals surface area contributed by atoms with Crippen molar-refractivity contribution in [1.82, 2.24) is 0 Å². The van der Waals surface area contributed by atoms with Crippen LogP contribution < -0.4 is 0 Å². The van der Waals surface area contributed by atoms with Gasteiger partial charge in [-0.3, -0.25) is 0 Å². The van der Waals surface area contributed by atoms with Gasteiger partial charge in [-0.15, -0.1) is 0 Å². The summed E-state index contributed by atoms with van der Waals surface area (Å²) in [6, 6.07) is 19.8. The van der Waals surface area contributed by atoms with E-state index >= 15 is 0 Å². The number of hydrogen-bond donors (Lipinski definition) is 2. The molecule has 2 aromatic carbocycles. The highest BCUT2D eigenvalue weighted by molar-refractivity contribution is 5.14. The smallest absolute Gasteiger partial charge is 0.147 e. The Labute approximate surface area is 209 Å². The van der Waals surface area contributed by atoms with Gasteiger partial charge in [0.15, 0.2) is 0 Å². The molecule has 0 aliphatic carbocycles. The van der Waals surface area contributed by atoms with Gasteiger partial charge >= 0.3 is 0 Å². The Balaban J connectivity index is 2.10. The number of methoxy groups -OCH3 is 1. The largest absolute Gasteiger partial charge is 0.396 e. The molecule has 2 rings (SSSR count). The molecule has 194 valence electrons. The van der Waals surface area contributed by atoms with Gasteiger partial charge in [0.05, 0.1) is 44.7 Å². The van der Waals surface area contributed by atoms with Gasteiger partial charge in [-0.25, -0.2) is 0 Å². The quantitative estimate of drug-likeness (QED) is 0.176. The van der Waals surface area contributed by atoms with Gasteiger partial charge in [-0.1, -0.05) is 72.8 Å². The van der Waals surface area contributed by atoms with Crippen molar-refractivity contribution in [3.05, 3.63) is 83.9 Å². The van der Waals surface area contributed by atoms with Crippen LogP contribution in [0.4, 0.5) is 0 Å². The first kappa shape index (κ1) is 29.1. The van der Waals surface area contributed by atoms with E-state index in [1.54, 1.807) is 14.0 Å². The third kappa shape index (κ3) is 13.0. The normalized spacial score (nSPS) is 15.2. The summed E-state index contributed by atoms with van der Waals surface area (Å²) in [5.74, 6) is 0. The van der Waals surface area contributed by atoms with Crippen LogP contribution in [0.5, 0.6) is 0 Å². The summed E-state index contributed by atoms with van der Waals surface area (Å²) in [5.41, 5.74) is 2.09. The number of aliphatic hydroxyl groups excluding tert-OH is 2. The van der Waals surface area contributed by atoms with Gasteiger partial charge in [0.1, 0.15) is 12.9 Å². The summed E-state index contributed by atoms with van der Waals surface area (Å²) >= 11 is 0. The monoisotopic (exact) mass is 488 g/mol. The second kappa shape index (κ2) is 18.2. The van der Waals surface area contributed by atoms with Crippen molar-refractivity contribution in [2.45, 2.75) is 57.4 Å². The lowest BCUT2D eigenvalue weighted by Crippen LogP contribution is -2.32. The molecule has 0 heterocycles. The molecule has 0 saturated heterocycles. The van der Waals surface area contributed by atoms with Crippen molar-refractivity contribution >= 4 is 0 Å². The topological polar surface area (TPSA) is 86.6 Å². The summed E-state index contributed by atoms with van der Waals surface area (Å²) in [4.78, 5) is 0. The second-order valence-corrected chi connectivity index (χ2v) is 8.30. The van der Waals surface area contributed by atoms with Crippen LogP contribution in [0.2, 0.25) is 0 Å². The predicted molar refractivity (Wildman–Crippen MR) is 135 cm³/mol. The lowest BCUT2D eigenvalue weighted by Gasteiger charge is -2.26.